The fraction of sp³-hybridized carbons (Fsp3) is 0.643. The summed E-state index contributed by atoms with van der Waals surface area (Å²) >= 11 is 3.27. The van der Waals surface area contributed by atoms with E-state index in [9.17, 15) is 9.59 Å². The highest BCUT2D eigenvalue weighted by molar-refractivity contribution is 9.10. The molecule has 1 aromatic rings. The minimum atomic E-state index is -0.184. The average Bonchev–Trinajstić information content (AvgIpc) is 2.45. The summed E-state index contributed by atoms with van der Waals surface area (Å²) in [5.41, 5.74) is 0.350. The summed E-state index contributed by atoms with van der Waals surface area (Å²) in [6, 6.07) is 0. The molecule has 0 saturated heterocycles. The van der Waals surface area contributed by atoms with Crippen LogP contribution in [0.25, 0.3) is 0 Å². The quantitative estimate of drug-likeness (QED) is 0.744. The van der Waals surface area contributed by atoms with Gasteiger partial charge in [0.05, 0.1) is 18.4 Å². The third-order valence-corrected chi connectivity index (χ3v) is 3.62. The summed E-state index contributed by atoms with van der Waals surface area (Å²) in [5.74, 6) is 0.301. The lowest BCUT2D eigenvalue weighted by Gasteiger charge is -2.11. The highest BCUT2D eigenvalue weighted by Gasteiger charge is 2.10. The number of amides is 1. The van der Waals surface area contributed by atoms with E-state index < -0.39 is 0 Å². The Hall–Kier alpha value is -1.37. The summed E-state index contributed by atoms with van der Waals surface area (Å²) in [6.45, 7) is 7.48. The first-order valence-electron chi connectivity index (χ1n) is 7.21. The Morgan fingerprint density at radius 2 is 2.19 bits per heavy atom. The molecule has 0 fully saturated rings. The molecular formula is C14H23BrN4O2. The van der Waals surface area contributed by atoms with Gasteiger partial charge in [0.15, 0.2) is 0 Å². The third kappa shape index (κ3) is 5.87. The smallest absolute Gasteiger partial charge is 0.283 e. The normalized spacial score (nSPS) is 10.7. The number of rotatable bonds is 8. The molecule has 1 amide bonds. The largest absolute Gasteiger partial charge is 0.374 e. The van der Waals surface area contributed by atoms with E-state index in [0.29, 0.717) is 29.2 Å². The molecule has 0 aliphatic carbocycles. The van der Waals surface area contributed by atoms with Crippen molar-refractivity contribution < 1.29 is 4.79 Å². The predicted octanol–water partition coefficient (Wildman–Crippen LogP) is 1.99. The lowest BCUT2D eigenvalue weighted by atomic mass is 10.2. The topological polar surface area (TPSA) is 76.0 Å². The SMILES string of the molecule is CCCCn1ncc(NCC(=O)NCC(C)C)c(Br)c1=O. The van der Waals surface area contributed by atoms with Crippen molar-refractivity contribution in [3.63, 3.8) is 0 Å². The number of carbonyl (C=O) groups excluding carboxylic acids is 1. The highest BCUT2D eigenvalue weighted by atomic mass is 79.9. The van der Waals surface area contributed by atoms with E-state index in [1.54, 1.807) is 6.20 Å². The van der Waals surface area contributed by atoms with Crippen LogP contribution in [0.5, 0.6) is 0 Å². The van der Waals surface area contributed by atoms with Crippen molar-refractivity contribution in [1.82, 2.24) is 15.1 Å². The van der Waals surface area contributed by atoms with Crippen LogP contribution in [0.1, 0.15) is 33.6 Å². The molecule has 0 aliphatic rings. The van der Waals surface area contributed by atoms with Gasteiger partial charge in [-0.1, -0.05) is 27.2 Å². The van der Waals surface area contributed by atoms with Gasteiger partial charge in [-0.25, -0.2) is 4.68 Å². The van der Waals surface area contributed by atoms with Gasteiger partial charge in [0, 0.05) is 13.1 Å². The molecule has 0 saturated carbocycles. The van der Waals surface area contributed by atoms with Crippen LogP contribution in [0.15, 0.2) is 15.5 Å². The van der Waals surface area contributed by atoms with Crippen molar-refractivity contribution in [2.45, 2.75) is 40.2 Å². The molecular weight excluding hydrogens is 336 g/mol. The summed E-state index contributed by atoms with van der Waals surface area (Å²) < 4.78 is 1.84. The van der Waals surface area contributed by atoms with E-state index >= 15 is 0 Å². The van der Waals surface area contributed by atoms with Gasteiger partial charge in [-0.15, -0.1) is 0 Å². The Bertz CT molecular complexity index is 528. The maximum absolute atomic E-state index is 12.1. The molecule has 0 radical (unpaired) electrons. The van der Waals surface area contributed by atoms with Gasteiger partial charge in [-0.2, -0.15) is 5.10 Å². The average molecular weight is 359 g/mol. The molecule has 1 aromatic heterocycles. The van der Waals surface area contributed by atoms with E-state index in [0.717, 1.165) is 12.8 Å². The molecule has 0 bridgehead atoms. The molecule has 21 heavy (non-hydrogen) atoms. The van der Waals surface area contributed by atoms with Crippen LogP contribution in [-0.2, 0) is 11.3 Å². The van der Waals surface area contributed by atoms with Crippen LogP contribution < -0.4 is 16.2 Å². The maximum Gasteiger partial charge on any atom is 0.283 e. The number of carbonyl (C=O) groups is 1. The molecule has 0 aliphatic heterocycles. The lowest BCUT2D eigenvalue weighted by Crippen LogP contribution is -2.33. The van der Waals surface area contributed by atoms with E-state index in [4.69, 9.17) is 0 Å². The van der Waals surface area contributed by atoms with Crippen molar-refractivity contribution >= 4 is 27.5 Å². The molecule has 2 N–H and O–H groups in total. The molecule has 0 aromatic carbocycles. The fourth-order valence-corrected chi connectivity index (χ4v) is 2.06. The van der Waals surface area contributed by atoms with E-state index in [1.807, 2.05) is 13.8 Å². The number of aromatic nitrogens is 2. The van der Waals surface area contributed by atoms with Gasteiger partial charge in [0.1, 0.15) is 4.47 Å². The summed E-state index contributed by atoms with van der Waals surface area (Å²) in [4.78, 5) is 23.7. The minimum Gasteiger partial charge on any atom is -0.374 e. The Labute approximate surface area is 133 Å². The van der Waals surface area contributed by atoms with Gasteiger partial charge in [-0.05, 0) is 28.3 Å². The fourth-order valence-electron chi connectivity index (χ4n) is 1.61. The predicted molar refractivity (Wildman–Crippen MR) is 87.4 cm³/mol. The van der Waals surface area contributed by atoms with Crippen molar-refractivity contribution in [2.75, 3.05) is 18.4 Å². The number of nitrogens with zero attached hydrogens (tertiary/aromatic N) is 2. The van der Waals surface area contributed by atoms with Crippen LogP contribution in [0.3, 0.4) is 0 Å². The van der Waals surface area contributed by atoms with Gasteiger partial charge >= 0.3 is 0 Å². The second-order valence-electron chi connectivity index (χ2n) is 5.31. The van der Waals surface area contributed by atoms with Crippen molar-refractivity contribution in [3.05, 3.63) is 21.0 Å². The van der Waals surface area contributed by atoms with Gasteiger partial charge < -0.3 is 10.6 Å². The monoisotopic (exact) mass is 358 g/mol. The van der Waals surface area contributed by atoms with Crippen molar-refractivity contribution in [1.29, 1.82) is 0 Å². The number of hydrogen-bond acceptors (Lipinski definition) is 4. The lowest BCUT2D eigenvalue weighted by molar-refractivity contribution is -0.119. The zero-order valence-electron chi connectivity index (χ0n) is 12.8. The van der Waals surface area contributed by atoms with Gasteiger partial charge in [0.2, 0.25) is 5.91 Å². The molecule has 1 rings (SSSR count). The van der Waals surface area contributed by atoms with Crippen molar-refractivity contribution in [3.8, 4) is 0 Å². The molecule has 0 spiro atoms. The molecule has 6 nitrogen and oxygen atoms in total. The minimum absolute atomic E-state index is 0.106. The number of aryl methyl sites for hydroxylation is 1. The second kappa shape index (κ2) is 8.81. The number of halogens is 1. The first-order chi connectivity index (χ1) is 9.95. The number of unbranched alkanes of at least 4 members (excludes halogenated alkanes) is 1. The number of hydrogen-bond donors (Lipinski definition) is 2. The Balaban J connectivity index is 2.62. The molecule has 0 unspecified atom stereocenters. The second-order valence-corrected chi connectivity index (χ2v) is 6.10. The molecule has 0 atom stereocenters. The summed E-state index contributed by atoms with van der Waals surface area (Å²) in [5, 5.41) is 9.84. The molecule has 1 heterocycles. The Kier molecular flexibility index (Phi) is 7.42. The zero-order valence-corrected chi connectivity index (χ0v) is 14.4. The van der Waals surface area contributed by atoms with E-state index in [1.165, 1.54) is 4.68 Å². The van der Waals surface area contributed by atoms with Crippen LogP contribution in [0.4, 0.5) is 5.69 Å². The Morgan fingerprint density at radius 1 is 1.48 bits per heavy atom. The summed E-state index contributed by atoms with van der Waals surface area (Å²) in [7, 11) is 0. The van der Waals surface area contributed by atoms with Gasteiger partial charge in [0.25, 0.3) is 5.56 Å². The molecule has 7 heteroatoms. The van der Waals surface area contributed by atoms with E-state index in [-0.39, 0.29) is 18.0 Å². The first-order valence-corrected chi connectivity index (χ1v) is 8.01. The number of nitrogens with one attached hydrogen (secondary N) is 2. The van der Waals surface area contributed by atoms with Crippen LogP contribution in [0.2, 0.25) is 0 Å². The standard InChI is InChI=1S/C14H23BrN4O2/c1-4-5-6-19-14(21)13(15)11(8-18-19)16-9-12(20)17-7-10(2)3/h8,10,16H,4-7,9H2,1-3H3,(H,17,20). The third-order valence-electron chi connectivity index (χ3n) is 2.86. The van der Waals surface area contributed by atoms with Crippen molar-refractivity contribution in [2.24, 2.45) is 5.92 Å². The molecule has 118 valence electrons. The first kappa shape index (κ1) is 17.7. The maximum atomic E-state index is 12.1. The van der Waals surface area contributed by atoms with E-state index in [2.05, 4.69) is 38.6 Å². The zero-order chi connectivity index (χ0) is 15.8. The highest BCUT2D eigenvalue weighted by Crippen LogP contribution is 2.15. The summed E-state index contributed by atoms with van der Waals surface area (Å²) in [6.07, 6.45) is 3.47. The van der Waals surface area contributed by atoms with Crippen LogP contribution in [0, 0.1) is 5.92 Å². The van der Waals surface area contributed by atoms with Crippen LogP contribution >= 0.6 is 15.9 Å². The van der Waals surface area contributed by atoms with Crippen LogP contribution in [-0.4, -0.2) is 28.8 Å². The van der Waals surface area contributed by atoms with Gasteiger partial charge in [-0.3, -0.25) is 9.59 Å². The number of anilines is 1. The Morgan fingerprint density at radius 3 is 2.81 bits per heavy atom.